The van der Waals surface area contributed by atoms with Crippen molar-refractivity contribution in [2.24, 2.45) is 0 Å². The maximum atomic E-state index is 8.73. The standard InChI is InChI=1S/C14H22O4/c1-13(11-15)18-10-9-16-7-8-17-12-14-5-3-2-4-6-14/h2-6,13,15H,7-12H2,1H3/t13-/m0/s1. The molecule has 1 aromatic rings. The lowest BCUT2D eigenvalue weighted by atomic mass is 10.2. The fraction of sp³-hybridized carbons (Fsp3) is 0.571. The number of hydrogen-bond acceptors (Lipinski definition) is 4. The molecular formula is C14H22O4. The van der Waals surface area contributed by atoms with Gasteiger partial charge in [-0.1, -0.05) is 30.3 Å². The van der Waals surface area contributed by atoms with Crippen LogP contribution in [-0.4, -0.2) is 44.2 Å². The van der Waals surface area contributed by atoms with Crippen LogP contribution < -0.4 is 0 Å². The van der Waals surface area contributed by atoms with Crippen LogP contribution in [0.25, 0.3) is 0 Å². The van der Waals surface area contributed by atoms with E-state index in [1.165, 1.54) is 0 Å². The lowest BCUT2D eigenvalue weighted by Gasteiger charge is -2.10. The predicted molar refractivity (Wildman–Crippen MR) is 69.4 cm³/mol. The third-order valence-electron chi connectivity index (χ3n) is 2.37. The summed E-state index contributed by atoms with van der Waals surface area (Å²) in [5.41, 5.74) is 1.16. The Morgan fingerprint density at radius 2 is 1.67 bits per heavy atom. The second-order valence-electron chi connectivity index (χ2n) is 4.01. The normalized spacial score (nSPS) is 12.6. The topological polar surface area (TPSA) is 47.9 Å². The summed E-state index contributed by atoms with van der Waals surface area (Å²) in [6.45, 7) is 4.64. The van der Waals surface area contributed by atoms with Crippen LogP contribution in [0.2, 0.25) is 0 Å². The molecule has 0 spiro atoms. The van der Waals surface area contributed by atoms with Gasteiger partial charge in [-0.3, -0.25) is 0 Å². The molecule has 0 saturated carbocycles. The van der Waals surface area contributed by atoms with E-state index in [2.05, 4.69) is 0 Å². The van der Waals surface area contributed by atoms with E-state index in [0.29, 0.717) is 33.0 Å². The first-order valence-electron chi connectivity index (χ1n) is 6.25. The van der Waals surface area contributed by atoms with E-state index in [4.69, 9.17) is 19.3 Å². The second kappa shape index (κ2) is 10.0. The van der Waals surface area contributed by atoms with Gasteiger partial charge in [0.1, 0.15) is 0 Å². The van der Waals surface area contributed by atoms with E-state index in [9.17, 15) is 0 Å². The average molecular weight is 254 g/mol. The van der Waals surface area contributed by atoms with Gasteiger partial charge < -0.3 is 19.3 Å². The van der Waals surface area contributed by atoms with E-state index in [1.807, 2.05) is 37.3 Å². The molecule has 4 heteroatoms. The van der Waals surface area contributed by atoms with Crippen LogP contribution in [0.5, 0.6) is 0 Å². The van der Waals surface area contributed by atoms with Crippen LogP contribution in [-0.2, 0) is 20.8 Å². The number of benzene rings is 1. The van der Waals surface area contributed by atoms with Gasteiger partial charge in [-0.2, -0.15) is 0 Å². The van der Waals surface area contributed by atoms with Gasteiger partial charge in [0, 0.05) is 0 Å². The Balaban J connectivity index is 1.87. The summed E-state index contributed by atoms with van der Waals surface area (Å²) >= 11 is 0. The largest absolute Gasteiger partial charge is 0.394 e. The highest BCUT2D eigenvalue weighted by Gasteiger charge is 1.98. The van der Waals surface area contributed by atoms with Crippen LogP contribution in [0.1, 0.15) is 12.5 Å². The van der Waals surface area contributed by atoms with Gasteiger partial charge in [-0.15, -0.1) is 0 Å². The molecule has 1 aromatic carbocycles. The maximum Gasteiger partial charge on any atom is 0.0778 e. The summed E-state index contributed by atoms with van der Waals surface area (Å²) in [7, 11) is 0. The molecule has 0 saturated heterocycles. The van der Waals surface area contributed by atoms with Gasteiger partial charge in [-0.05, 0) is 12.5 Å². The summed E-state index contributed by atoms with van der Waals surface area (Å²) in [6.07, 6.45) is -0.122. The van der Waals surface area contributed by atoms with Gasteiger partial charge in [0.05, 0.1) is 45.7 Å². The number of aliphatic hydroxyl groups excluding tert-OH is 1. The van der Waals surface area contributed by atoms with Crippen LogP contribution >= 0.6 is 0 Å². The van der Waals surface area contributed by atoms with E-state index in [1.54, 1.807) is 0 Å². The number of ether oxygens (including phenoxy) is 3. The van der Waals surface area contributed by atoms with Crippen molar-refractivity contribution in [1.29, 1.82) is 0 Å². The molecule has 0 aliphatic heterocycles. The molecular weight excluding hydrogens is 232 g/mol. The highest BCUT2D eigenvalue weighted by molar-refractivity contribution is 5.13. The van der Waals surface area contributed by atoms with E-state index in [-0.39, 0.29) is 12.7 Å². The first-order chi connectivity index (χ1) is 8.83. The minimum atomic E-state index is -0.122. The number of aliphatic hydroxyl groups is 1. The Hall–Kier alpha value is -0.940. The Morgan fingerprint density at radius 3 is 2.39 bits per heavy atom. The van der Waals surface area contributed by atoms with E-state index in [0.717, 1.165) is 5.56 Å². The predicted octanol–water partition coefficient (Wildman–Crippen LogP) is 1.62. The minimum absolute atomic E-state index is 0.0419. The second-order valence-corrected chi connectivity index (χ2v) is 4.01. The van der Waals surface area contributed by atoms with Crippen LogP contribution in [0.4, 0.5) is 0 Å². The summed E-state index contributed by atoms with van der Waals surface area (Å²) in [5.74, 6) is 0. The molecule has 1 N–H and O–H groups in total. The molecule has 0 fully saturated rings. The van der Waals surface area contributed by atoms with Crippen molar-refractivity contribution < 1.29 is 19.3 Å². The van der Waals surface area contributed by atoms with Gasteiger partial charge in [0.25, 0.3) is 0 Å². The molecule has 0 unspecified atom stereocenters. The zero-order chi connectivity index (χ0) is 13.1. The van der Waals surface area contributed by atoms with Crippen molar-refractivity contribution >= 4 is 0 Å². The fourth-order valence-electron chi connectivity index (χ4n) is 1.35. The van der Waals surface area contributed by atoms with Crippen molar-refractivity contribution in [1.82, 2.24) is 0 Å². The smallest absolute Gasteiger partial charge is 0.0778 e. The summed E-state index contributed by atoms with van der Waals surface area (Å²) in [6, 6.07) is 10.0. The Bertz CT molecular complexity index is 289. The lowest BCUT2D eigenvalue weighted by molar-refractivity contribution is -0.0231. The fourth-order valence-corrected chi connectivity index (χ4v) is 1.35. The van der Waals surface area contributed by atoms with E-state index < -0.39 is 0 Å². The first-order valence-corrected chi connectivity index (χ1v) is 6.25. The Morgan fingerprint density at radius 1 is 1.00 bits per heavy atom. The molecule has 0 heterocycles. The molecule has 4 nitrogen and oxygen atoms in total. The van der Waals surface area contributed by atoms with E-state index >= 15 is 0 Å². The van der Waals surface area contributed by atoms with Crippen molar-refractivity contribution in [3.63, 3.8) is 0 Å². The van der Waals surface area contributed by atoms with Crippen molar-refractivity contribution in [2.45, 2.75) is 19.6 Å². The highest BCUT2D eigenvalue weighted by atomic mass is 16.5. The Kier molecular flexibility index (Phi) is 8.42. The molecule has 0 bridgehead atoms. The molecule has 18 heavy (non-hydrogen) atoms. The molecule has 0 radical (unpaired) electrons. The van der Waals surface area contributed by atoms with Gasteiger partial charge in [-0.25, -0.2) is 0 Å². The van der Waals surface area contributed by atoms with Crippen LogP contribution in [0.15, 0.2) is 30.3 Å². The van der Waals surface area contributed by atoms with Gasteiger partial charge in [0.15, 0.2) is 0 Å². The summed E-state index contributed by atoms with van der Waals surface area (Å²) in [5, 5.41) is 8.73. The van der Waals surface area contributed by atoms with Crippen LogP contribution in [0.3, 0.4) is 0 Å². The zero-order valence-electron chi connectivity index (χ0n) is 10.9. The lowest BCUT2D eigenvalue weighted by Crippen LogP contribution is -2.17. The highest BCUT2D eigenvalue weighted by Crippen LogP contribution is 1.99. The molecule has 1 rings (SSSR count). The molecule has 102 valence electrons. The van der Waals surface area contributed by atoms with Gasteiger partial charge in [0.2, 0.25) is 0 Å². The van der Waals surface area contributed by atoms with Crippen molar-refractivity contribution in [3.8, 4) is 0 Å². The Labute approximate surface area is 108 Å². The molecule has 0 aliphatic carbocycles. The number of hydrogen-bond donors (Lipinski definition) is 1. The molecule has 0 aliphatic rings. The monoisotopic (exact) mass is 254 g/mol. The molecule has 1 atom stereocenters. The molecule has 0 aromatic heterocycles. The van der Waals surface area contributed by atoms with Gasteiger partial charge >= 0.3 is 0 Å². The van der Waals surface area contributed by atoms with Crippen molar-refractivity contribution in [3.05, 3.63) is 35.9 Å². The average Bonchev–Trinajstić information content (AvgIpc) is 2.42. The zero-order valence-corrected chi connectivity index (χ0v) is 10.9. The summed E-state index contributed by atoms with van der Waals surface area (Å²) in [4.78, 5) is 0. The molecule has 0 amide bonds. The summed E-state index contributed by atoms with van der Waals surface area (Å²) < 4.78 is 16.0. The quantitative estimate of drug-likeness (QED) is 0.645. The maximum absolute atomic E-state index is 8.73. The first kappa shape index (κ1) is 15.1. The van der Waals surface area contributed by atoms with Crippen LogP contribution in [0, 0.1) is 0 Å². The van der Waals surface area contributed by atoms with Crippen molar-refractivity contribution in [2.75, 3.05) is 33.0 Å². The SMILES string of the molecule is C[C@@H](CO)OCCOCCOCc1ccccc1. The third kappa shape index (κ3) is 7.40. The number of rotatable bonds is 10. The minimum Gasteiger partial charge on any atom is -0.394 e. The third-order valence-corrected chi connectivity index (χ3v) is 2.37.